The molecule has 0 radical (unpaired) electrons. The van der Waals surface area contributed by atoms with E-state index in [-0.39, 0.29) is 11.8 Å². The highest BCUT2D eigenvalue weighted by Crippen LogP contribution is 2.31. The summed E-state index contributed by atoms with van der Waals surface area (Å²) in [5, 5.41) is 5.69. The van der Waals surface area contributed by atoms with Crippen molar-refractivity contribution < 1.29 is 9.59 Å². The first-order chi connectivity index (χ1) is 15.0. The number of benzene rings is 1. The average molecular weight is 440 g/mol. The molecule has 1 fully saturated rings. The average Bonchev–Trinajstić information content (AvgIpc) is 3.36. The molecule has 8 heteroatoms. The molecule has 0 saturated carbocycles. The van der Waals surface area contributed by atoms with Gasteiger partial charge in [0.15, 0.2) is 0 Å². The van der Waals surface area contributed by atoms with E-state index >= 15 is 0 Å². The third-order valence-corrected chi connectivity index (χ3v) is 6.99. The molecule has 3 aromatic rings. The zero-order valence-corrected chi connectivity index (χ0v) is 19.2. The molecule has 2 amide bonds. The molecule has 4 rings (SSSR count). The first kappa shape index (κ1) is 21.5. The summed E-state index contributed by atoms with van der Waals surface area (Å²) in [5.74, 6) is 0.227. The van der Waals surface area contributed by atoms with E-state index in [0.29, 0.717) is 19.6 Å². The van der Waals surface area contributed by atoms with Crippen LogP contribution in [0.1, 0.15) is 29.2 Å². The second-order valence-corrected chi connectivity index (χ2v) is 8.83. The van der Waals surface area contributed by atoms with Crippen molar-refractivity contribution in [2.24, 2.45) is 0 Å². The summed E-state index contributed by atoms with van der Waals surface area (Å²) in [7, 11) is 0. The molecule has 2 aromatic heterocycles. The standard InChI is InChI=1S/C23H29N5O2S/c1-4-26(5-2)21(29)16-25-11-13-27(14-12-25)22(30)20-15-19-17(3)24-28(23(19)31-20)18-9-7-6-8-10-18/h6-10,15H,4-5,11-14,16H2,1-3H3. The molecule has 1 aliphatic heterocycles. The van der Waals surface area contributed by atoms with Crippen molar-refractivity contribution in [1.29, 1.82) is 0 Å². The Labute approximate surface area is 186 Å². The fourth-order valence-corrected chi connectivity index (χ4v) is 5.18. The Morgan fingerprint density at radius 2 is 1.74 bits per heavy atom. The van der Waals surface area contributed by atoms with E-state index in [4.69, 9.17) is 0 Å². The monoisotopic (exact) mass is 439 g/mol. The molecular formula is C23H29N5O2S. The van der Waals surface area contributed by atoms with Crippen LogP contribution >= 0.6 is 11.3 Å². The summed E-state index contributed by atoms with van der Waals surface area (Å²) in [6.45, 7) is 10.6. The van der Waals surface area contributed by atoms with Gasteiger partial charge in [-0.2, -0.15) is 5.10 Å². The summed E-state index contributed by atoms with van der Waals surface area (Å²) in [4.78, 5) is 33.2. The second kappa shape index (κ2) is 9.20. The highest BCUT2D eigenvalue weighted by molar-refractivity contribution is 7.20. The van der Waals surface area contributed by atoms with Gasteiger partial charge in [0.25, 0.3) is 5.91 Å². The second-order valence-electron chi connectivity index (χ2n) is 7.80. The molecule has 0 unspecified atom stereocenters. The smallest absolute Gasteiger partial charge is 0.264 e. The summed E-state index contributed by atoms with van der Waals surface area (Å²) >= 11 is 1.50. The number of likely N-dealkylation sites (N-methyl/N-ethyl adjacent to an activating group) is 1. The van der Waals surface area contributed by atoms with Crippen LogP contribution in [0.15, 0.2) is 36.4 Å². The van der Waals surface area contributed by atoms with Crippen LogP contribution in [-0.2, 0) is 4.79 Å². The van der Waals surface area contributed by atoms with Gasteiger partial charge in [-0.1, -0.05) is 18.2 Å². The van der Waals surface area contributed by atoms with Crippen LogP contribution < -0.4 is 0 Å². The van der Waals surface area contributed by atoms with Gasteiger partial charge < -0.3 is 9.80 Å². The molecule has 0 bridgehead atoms. The van der Waals surface area contributed by atoms with Gasteiger partial charge in [0, 0.05) is 44.7 Å². The molecule has 0 N–H and O–H groups in total. The van der Waals surface area contributed by atoms with Crippen molar-refractivity contribution in [3.8, 4) is 5.69 Å². The Kier molecular flexibility index (Phi) is 6.38. The predicted octanol–water partition coefficient (Wildman–Crippen LogP) is 3.02. The quantitative estimate of drug-likeness (QED) is 0.592. The number of aromatic nitrogens is 2. The van der Waals surface area contributed by atoms with Crippen LogP contribution in [0.4, 0.5) is 0 Å². The third-order valence-electron chi connectivity index (χ3n) is 5.89. The van der Waals surface area contributed by atoms with Crippen molar-refractivity contribution in [3.63, 3.8) is 0 Å². The van der Waals surface area contributed by atoms with Gasteiger partial charge in [0.2, 0.25) is 5.91 Å². The molecule has 1 saturated heterocycles. The molecule has 1 aliphatic rings. The van der Waals surface area contributed by atoms with Gasteiger partial charge in [-0.3, -0.25) is 14.5 Å². The minimum absolute atomic E-state index is 0.0648. The van der Waals surface area contributed by atoms with Gasteiger partial charge in [0.1, 0.15) is 4.83 Å². The lowest BCUT2D eigenvalue weighted by molar-refractivity contribution is -0.132. The summed E-state index contributed by atoms with van der Waals surface area (Å²) in [6, 6.07) is 12.0. The van der Waals surface area contributed by atoms with E-state index in [1.807, 2.05) is 71.7 Å². The number of carbonyl (C=O) groups excluding carboxylic acids is 2. The maximum absolute atomic E-state index is 13.2. The minimum Gasteiger partial charge on any atom is -0.342 e. The number of amides is 2. The SMILES string of the molecule is CCN(CC)C(=O)CN1CCN(C(=O)c2cc3c(C)nn(-c4ccccc4)c3s2)CC1. The van der Waals surface area contributed by atoms with Crippen LogP contribution in [0.3, 0.4) is 0 Å². The number of nitrogens with zero attached hydrogens (tertiary/aromatic N) is 5. The molecule has 31 heavy (non-hydrogen) atoms. The Bertz CT molecular complexity index is 1060. The van der Waals surface area contributed by atoms with Crippen LogP contribution in [0, 0.1) is 6.92 Å². The van der Waals surface area contributed by atoms with Crippen LogP contribution in [-0.4, -0.2) is 82.1 Å². The van der Waals surface area contributed by atoms with Gasteiger partial charge >= 0.3 is 0 Å². The van der Waals surface area contributed by atoms with E-state index in [0.717, 1.165) is 52.7 Å². The van der Waals surface area contributed by atoms with Crippen molar-refractivity contribution in [1.82, 2.24) is 24.5 Å². The maximum atomic E-state index is 13.2. The lowest BCUT2D eigenvalue weighted by atomic mass is 10.2. The van der Waals surface area contributed by atoms with Crippen molar-refractivity contribution in [2.75, 3.05) is 45.8 Å². The van der Waals surface area contributed by atoms with Crippen molar-refractivity contribution >= 4 is 33.4 Å². The number of fused-ring (bicyclic) bond motifs is 1. The fourth-order valence-electron chi connectivity index (χ4n) is 4.03. The molecule has 0 spiro atoms. The Balaban J connectivity index is 1.44. The van der Waals surface area contributed by atoms with Crippen LogP contribution in [0.25, 0.3) is 15.9 Å². The van der Waals surface area contributed by atoms with E-state index in [1.54, 1.807) is 0 Å². The van der Waals surface area contributed by atoms with Crippen LogP contribution in [0.2, 0.25) is 0 Å². The Hall–Kier alpha value is -2.71. The van der Waals surface area contributed by atoms with E-state index < -0.39 is 0 Å². The highest BCUT2D eigenvalue weighted by atomic mass is 32.1. The van der Waals surface area contributed by atoms with Gasteiger partial charge in [-0.15, -0.1) is 11.3 Å². The maximum Gasteiger partial charge on any atom is 0.264 e. The molecule has 0 aliphatic carbocycles. The molecule has 7 nitrogen and oxygen atoms in total. The number of hydrogen-bond acceptors (Lipinski definition) is 5. The van der Waals surface area contributed by atoms with Crippen molar-refractivity contribution in [2.45, 2.75) is 20.8 Å². The molecule has 164 valence electrons. The number of rotatable bonds is 6. The number of para-hydroxylation sites is 1. The lowest BCUT2D eigenvalue weighted by Gasteiger charge is -2.35. The fraction of sp³-hybridized carbons (Fsp3) is 0.435. The lowest BCUT2D eigenvalue weighted by Crippen LogP contribution is -2.51. The Morgan fingerprint density at radius 3 is 2.39 bits per heavy atom. The van der Waals surface area contributed by atoms with Crippen LogP contribution in [0.5, 0.6) is 0 Å². The third kappa shape index (κ3) is 4.36. The summed E-state index contributed by atoms with van der Waals surface area (Å²) in [6.07, 6.45) is 0. The van der Waals surface area contributed by atoms with Gasteiger partial charge in [-0.25, -0.2) is 4.68 Å². The normalized spacial score (nSPS) is 14.9. The van der Waals surface area contributed by atoms with Gasteiger partial charge in [0.05, 0.1) is 22.8 Å². The number of hydrogen-bond donors (Lipinski definition) is 0. The van der Waals surface area contributed by atoms with Crippen molar-refractivity contribution in [3.05, 3.63) is 47.0 Å². The van der Waals surface area contributed by atoms with E-state index in [1.165, 1.54) is 11.3 Å². The van der Waals surface area contributed by atoms with E-state index in [2.05, 4.69) is 10.00 Å². The van der Waals surface area contributed by atoms with E-state index in [9.17, 15) is 9.59 Å². The predicted molar refractivity (Wildman–Crippen MR) is 124 cm³/mol. The number of piperazine rings is 1. The molecule has 3 heterocycles. The number of aryl methyl sites for hydroxylation is 1. The summed E-state index contributed by atoms with van der Waals surface area (Å²) < 4.78 is 1.92. The van der Waals surface area contributed by atoms with Gasteiger partial charge in [-0.05, 0) is 39.0 Å². The Morgan fingerprint density at radius 1 is 1.06 bits per heavy atom. The highest BCUT2D eigenvalue weighted by Gasteiger charge is 2.26. The summed E-state index contributed by atoms with van der Waals surface area (Å²) in [5.41, 5.74) is 1.92. The molecule has 1 aromatic carbocycles. The largest absolute Gasteiger partial charge is 0.342 e. The first-order valence-electron chi connectivity index (χ1n) is 10.9. The number of carbonyl (C=O) groups is 2. The molecular weight excluding hydrogens is 410 g/mol. The zero-order chi connectivity index (χ0) is 22.0. The first-order valence-corrected chi connectivity index (χ1v) is 11.7. The topological polar surface area (TPSA) is 61.7 Å². The molecule has 0 atom stereocenters. The number of thiophene rings is 1. The zero-order valence-electron chi connectivity index (χ0n) is 18.4. The minimum atomic E-state index is 0.0648.